The molecule has 5 heteroatoms. The number of carboxylic acid groups (broad SMARTS) is 1. The Morgan fingerprint density at radius 1 is 1.35 bits per heavy atom. The highest BCUT2D eigenvalue weighted by molar-refractivity contribution is 5.70. The molecule has 0 aliphatic carbocycles. The lowest BCUT2D eigenvalue weighted by Gasteiger charge is -2.16. The number of carbonyl (C=O) groups is 1. The number of hydrogen-bond donors (Lipinski definition) is 4. The van der Waals surface area contributed by atoms with Gasteiger partial charge >= 0.3 is 5.97 Å². The number of aryl methyl sites for hydroxylation is 1. The van der Waals surface area contributed by atoms with Crippen LogP contribution in [-0.4, -0.2) is 27.8 Å². The Morgan fingerprint density at radius 3 is 2.60 bits per heavy atom. The van der Waals surface area contributed by atoms with E-state index < -0.39 is 11.9 Å². The Kier molecular flexibility index (Phi) is 6.31. The quantitative estimate of drug-likeness (QED) is 0.584. The summed E-state index contributed by atoms with van der Waals surface area (Å²) in [4.78, 5) is 10.9. The standard InChI is InChI=1S/C15H23NO4/c1-10(7-12(9-16)15(19)20)3-2-4-11-5-6-13(17)8-14(11)18/h5-6,8,10,12,17-18H,2-4,7,9,16H2,1H3,(H,19,20). The summed E-state index contributed by atoms with van der Waals surface area (Å²) in [6.45, 7) is 2.18. The Bertz CT molecular complexity index is 447. The molecule has 5 N–H and O–H groups in total. The van der Waals surface area contributed by atoms with Crippen molar-refractivity contribution in [3.8, 4) is 11.5 Å². The first kappa shape index (κ1) is 16.3. The first-order chi connectivity index (χ1) is 9.43. The third-order valence-corrected chi connectivity index (χ3v) is 3.53. The van der Waals surface area contributed by atoms with E-state index in [1.807, 2.05) is 6.92 Å². The molecule has 0 aliphatic rings. The maximum atomic E-state index is 10.9. The van der Waals surface area contributed by atoms with E-state index in [0.29, 0.717) is 12.8 Å². The third-order valence-electron chi connectivity index (χ3n) is 3.53. The third kappa shape index (κ3) is 5.09. The van der Waals surface area contributed by atoms with Gasteiger partial charge in [-0.05, 0) is 36.8 Å². The van der Waals surface area contributed by atoms with Crippen LogP contribution < -0.4 is 5.73 Å². The smallest absolute Gasteiger partial charge is 0.307 e. The molecule has 1 aromatic carbocycles. The van der Waals surface area contributed by atoms with Crippen LogP contribution in [-0.2, 0) is 11.2 Å². The number of aromatic hydroxyl groups is 2. The second kappa shape index (κ2) is 7.75. The molecule has 20 heavy (non-hydrogen) atoms. The fraction of sp³-hybridized carbons (Fsp3) is 0.533. The van der Waals surface area contributed by atoms with E-state index in [1.165, 1.54) is 6.07 Å². The summed E-state index contributed by atoms with van der Waals surface area (Å²) < 4.78 is 0. The molecule has 0 spiro atoms. The highest BCUT2D eigenvalue weighted by Crippen LogP contribution is 2.25. The average Bonchev–Trinajstić information content (AvgIpc) is 2.38. The van der Waals surface area contributed by atoms with Crippen LogP contribution in [0, 0.1) is 11.8 Å². The van der Waals surface area contributed by atoms with Crippen LogP contribution in [0.15, 0.2) is 18.2 Å². The minimum absolute atomic E-state index is 0.0480. The van der Waals surface area contributed by atoms with Gasteiger partial charge < -0.3 is 21.1 Å². The Morgan fingerprint density at radius 2 is 2.05 bits per heavy atom. The molecule has 0 amide bonds. The van der Waals surface area contributed by atoms with E-state index in [2.05, 4.69) is 0 Å². The van der Waals surface area contributed by atoms with Gasteiger partial charge in [0.05, 0.1) is 5.92 Å². The van der Waals surface area contributed by atoms with Gasteiger partial charge in [0.2, 0.25) is 0 Å². The number of rotatable bonds is 8. The highest BCUT2D eigenvalue weighted by atomic mass is 16.4. The summed E-state index contributed by atoms with van der Waals surface area (Å²) in [6, 6.07) is 4.58. The van der Waals surface area contributed by atoms with Gasteiger partial charge in [0.15, 0.2) is 0 Å². The number of phenols is 2. The zero-order valence-corrected chi connectivity index (χ0v) is 11.7. The van der Waals surface area contributed by atoms with Crippen molar-refractivity contribution < 1.29 is 20.1 Å². The van der Waals surface area contributed by atoms with Crippen LogP contribution in [0.1, 0.15) is 31.7 Å². The zero-order valence-electron chi connectivity index (χ0n) is 11.7. The molecule has 0 fully saturated rings. The monoisotopic (exact) mass is 281 g/mol. The predicted molar refractivity (Wildman–Crippen MR) is 76.7 cm³/mol. The molecular formula is C15H23NO4. The van der Waals surface area contributed by atoms with Gasteiger partial charge in [-0.2, -0.15) is 0 Å². The van der Waals surface area contributed by atoms with Gasteiger partial charge in [-0.15, -0.1) is 0 Å². The molecule has 0 heterocycles. The van der Waals surface area contributed by atoms with Crippen molar-refractivity contribution in [3.63, 3.8) is 0 Å². The fourth-order valence-electron chi connectivity index (χ4n) is 2.31. The highest BCUT2D eigenvalue weighted by Gasteiger charge is 2.18. The normalized spacial score (nSPS) is 13.9. The van der Waals surface area contributed by atoms with Gasteiger partial charge in [0.25, 0.3) is 0 Å². The summed E-state index contributed by atoms with van der Waals surface area (Å²) in [7, 11) is 0. The largest absolute Gasteiger partial charge is 0.508 e. The molecule has 0 aromatic heterocycles. The Labute approximate surface area is 119 Å². The van der Waals surface area contributed by atoms with Crippen molar-refractivity contribution in [2.45, 2.75) is 32.6 Å². The molecule has 2 atom stereocenters. The van der Waals surface area contributed by atoms with E-state index in [9.17, 15) is 15.0 Å². The van der Waals surface area contributed by atoms with Crippen molar-refractivity contribution >= 4 is 5.97 Å². The van der Waals surface area contributed by atoms with Crippen molar-refractivity contribution in [3.05, 3.63) is 23.8 Å². The summed E-state index contributed by atoms with van der Waals surface area (Å²) in [5, 5.41) is 27.8. The number of benzene rings is 1. The summed E-state index contributed by atoms with van der Waals surface area (Å²) in [5.41, 5.74) is 6.23. The number of carboxylic acids is 1. The van der Waals surface area contributed by atoms with E-state index in [4.69, 9.17) is 10.8 Å². The fourth-order valence-corrected chi connectivity index (χ4v) is 2.31. The van der Waals surface area contributed by atoms with E-state index in [0.717, 1.165) is 18.4 Å². The lowest BCUT2D eigenvalue weighted by Crippen LogP contribution is -2.25. The molecule has 0 aliphatic heterocycles. The predicted octanol–water partition coefficient (Wildman–Crippen LogP) is 2.11. The van der Waals surface area contributed by atoms with E-state index in [1.54, 1.807) is 12.1 Å². The second-order valence-electron chi connectivity index (χ2n) is 5.32. The van der Waals surface area contributed by atoms with Crippen molar-refractivity contribution in [1.29, 1.82) is 0 Å². The number of hydrogen-bond acceptors (Lipinski definition) is 4. The van der Waals surface area contributed by atoms with Crippen LogP contribution in [0.4, 0.5) is 0 Å². The molecule has 0 saturated heterocycles. The van der Waals surface area contributed by atoms with Gasteiger partial charge in [-0.1, -0.05) is 19.4 Å². The molecule has 5 nitrogen and oxygen atoms in total. The summed E-state index contributed by atoms with van der Waals surface area (Å²) in [5.74, 6) is -0.892. The number of aliphatic carboxylic acids is 1. The SMILES string of the molecule is CC(CCCc1ccc(O)cc1O)CC(CN)C(=O)O. The van der Waals surface area contributed by atoms with Crippen LogP contribution in [0.5, 0.6) is 11.5 Å². The molecule has 2 unspecified atom stereocenters. The van der Waals surface area contributed by atoms with E-state index >= 15 is 0 Å². The zero-order chi connectivity index (χ0) is 15.1. The molecular weight excluding hydrogens is 258 g/mol. The van der Waals surface area contributed by atoms with Gasteiger partial charge in [-0.3, -0.25) is 4.79 Å². The lowest BCUT2D eigenvalue weighted by molar-refractivity contribution is -0.141. The summed E-state index contributed by atoms with van der Waals surface area (Å²) in [6.07, 6.45) is 3.02. The molecule has 1 aromatic rings. The number of nitrogens with two attached hydrogens (primary N) is 1. The minimum Gasteiger partial charge on any atom is -0.508 e. The van der Waals surface area contributed by atoms with Crippen LogP contribution in [0.2, 0.25) is 0 Å². The summed E-state index contributed by atoms with van der Waals surface area (Å²) >= 11 is 0. The van der Waals surface area contributed by atoms with Crippen molar-refractivity contribution in [1.82, 2.24) is 0 Å². The van der Waals surface area contributed by atoms with Gasteiger partial charge in [-0.25, -0.2) is 0 Å². The first-order valence-corrected chi connectivity index (χ1v) is 6.87. The maximum absolute atomic E-state index is 10.9. The van der Waals surface area contributed by atoms with Crippen LogP contribution >= 0.6 is 0 Å². The van der Waals surface area contributed by atoms with Crippen molar-refractivity contribution in [2.24, 2.45) is 17.6 Å². The van der Waals surface area contributed by atoms with Gasteiger partial charge in [0, 0.05) is 12.6 Å². The van der Waals surface area contributed by atoms with Crippen molar-refractivity contribution in [2.75, 3.05) is 6.54 Å². The molecule has 0 saturated carbocycles. The Balaban J connectivity index is 2.38. The first-order valence-electron chi connectivity index (χ1n) is 6.87. The second-order valence-corrected chi connectivity index (χ2v) is 5.32. The average molecular weight is 281 g/mol. The molecule has 0 radical (unpaired) electrons. The molecule has 112 valence electrons. The van der Waals surface area contributed by atoms with E-state index in [-0.39, 0.29) is 24.0 Å². The molecule has 0 bridgehead atoms. The Hall–Kier alpha value is -1.75. The number of phenolic OH excluding ortho intramolecular Hbond substituents is 2. The molecule has 1 rings (SSSR count). The minimum atomic E-state index is -0.837. The topological polar surface area (TPSA) is 104 Å². The lowest BCUT2D eigenvalue weighted by atomic mass is 9.91. The van der Waals surface area contributed by atoms with Crippen LogP contribution in [0.25, 0.3) is 0 Å². The maximum Gasteiger partial charge on any atom is 0.307 e. The van der Waals surface area contributed by atoms with Crippen LogP contribution in [0.3, 0.4) is 0 Å². The van der Waals surface area contributed by atoms with Gasteiger partial charge in [0.1, 0.15) is 11.5 Å².